The summed E-state index contributed by atoms with van der Waals surface area (Å²) >= 11 is 1.58. The van der Waals surface area contributed by atoms with Gasteiger partial charge in [-0.25, -0.2) is 4.68 Å². The largest absolute Gasteiger partial charge is 0.484 e. The lowest BCUT2D eigenvalue weighted by atomic mass is 10.0. The van der Waals surface area contributed by atoms with Crippen LogP contribution in [0.1, 0.15) is 29.0 Å². The molecule has 30 heavy (non-hydrogen) atoms. The number of thioether (sulfide) groups is 1. The van der Waals surface area contributed by atoms with E-state index in [1.165, 1.54) is 0 Å². The molecule has 7 nitrogen and oxygen atoms in total. The van der Waals surface area contributed by atoms with Gasteiger partial charge in [0.25, 0.3) is 5.91 Å². The van der Waals surface area contributed by atoms with Crippen LogP contribution in [0, 0.1) is 6.92 Å². The van der Waals surface area contributed by atoms with Gasteiger partial charge in [0.15, 0.2) is 6.61 Å². The minimum Gasteiger partial charge on any atom is -0.484 e. The molecule has 2 unspecified atom stereocenters. The molecule has 0 bridgehead atoms. The molecular formula is C22H22N4O3S. The first-order chi connectivity index (χ1) is 14.4. The lowest BCUT2D eigenvalue weighted by Crippen LogP contribution is -2.22. The van der Waals surface area contributed by atoms with Gasteiger partial charge in [0.1, 0.15) is 11.6 Å². The topological polar surface area (TPSA) is 99.2 Å². The number of aromatic nitrogens is 2. The zero-order chi connectivity index (χ0) is 21.3. The average molecular weight is 423 g/mol. The fraction of sp³-hybridized carbons (Fsp3) is 0.227. The maximum Gasteiger partial charge on any atom is 0.255 e. The number of amides is 2. The number of nitrogens with two attached hydrogens (primary N) is 1. The Morgan fingerprint density at radius 2 is 1.90 bits per heavy atom. The van der Waals surface area contributed by atoms with Crippen LogP contribution in [0.5, 0.6) is 5.75 Å². The van der Waals surface area contributed by atoms with Gasteiger partial charge < -0.3 is 15.8 Å². The summed E-state index contributed by atoms with van der Waals surface area (Å²) in [4.78, 5) is 23.6. The molecule has 2 amide bonds. The van der Waals surface area contributed by atoms with Gasteiger partial charge >= 0.3 is 0 Å². The Morgan fingerprint density at radius 3 is 2.57 bits per heavy atom. The Bertz CT molecular complexity index is 1080. The van der Waals surface area contributed by atoms with Crippen LogP contribution in [0.3, 0.4) is 0 Å². The molecule has 0 saturated heterocycles. The van der Waals surface area contributed by atoms with E-state index >= 15 is 0 Å². The van der Waals surface area contributed by atoms with Crippen LogP contribution in [0.25, 0.3) is 5.69 Å². The summed E-state index contributed by atoms with van der Waals surface area (Å²) in [5, 5.41) is 7.46. The van der Waals surface area contributed by atoms with Gasteiger partial charge in [-0.1, -0.05) is 30.3 Å². The molecule has 0 saturated carbocycles. The summed E-state index contributed by atoms with van der Waals surface area (Å²) in [6.07, 6.45) is 0. The number of hydrogen-bond donors (Lipinski definition) is 2. The van der Waals surface area contributed by atoms with Crippen LogP contribution in [0.2, 0.25) is 0 Å². The maximum absolute atomic E-state index is 12.7. The van der Waals surface area contributed by atoms with Crippen molar-refractivity contribution < 1.29 is 14.3 Å². The molecule has 154 valence electrons. The summed E-state index contributed by atoms with van der Waals surface area (Å²) in [5.74, 6) is 0.683. The van der Waals surface area contributed by atoms with E-state index in [0.29, 0.717) is 11.6 Å². The molecule has 1 aliphatic heterocycles. The SMILES string of the molecule is Cc1nn(-c2ccccc2)c2c1C(c1ccc(OCC(N)=O)cc1)SC(C)C(=O)N2. The predicted molar refractivity (Wildman–Crippen MR) is 117 cm³/mol. The number of primary amides is 1. The third-order valence-corrected chi connectivity index (χ3v) is 6.29. The second kappa shape index (κ2) is 8.23. The third kappa shape index (κ3) is 3.91. The first kappa shape index (κ1) is 20.0. The smallest absolute Gasteiger partial charge is 0.255 e. The zero-order valence-corrected chi connectivity index (χ0v) is 17.5. The van der Waals surface area contributed by atoms with E-state index < -0.39 is 5.91 Å². The molecule has 2 aromatic carbocycles. The normalized spacial score (nSPS) is 18.3. The van der Waals surface area contributed by atoms with Crippen LogP contribution in [0.4, 0.5) is 5.82 Å². The number of nitrogens with one attached hydrogen (secondary N) is 1. The van der Waals surface area contributed by atoms with E-state index in [2.05, 4.69) is 5.32 Å². The number of fused-ring (bicyclic) bond motifs is 1. The van der Waals surface area contributed by atoms with Crippen molar-refractivity contribution in [2.45, 2.75) is 24.3 Å². The molecule has 2 heterocycles. The van der Waals surface area contributed by atoms with Crippen molar-refractivity contribution in [2.24, 2.45) is 5.73 Å². The molecule has 3 N–H and O–H groups in total. The average Bonchev–Trinajstić information content (AvgIpc) is 2.99. The lowest BCUT2D eigenvalue weighted by Gasteiger charge is -2.18. The van der Waals surface area contributed by atoms with Crippen LogP contribution in [-0.2, 0) is 9.59 Å². The molecule has 8 heteroatoms. The van der Waals surface area contributed by atoms with Gasteiger partial charge in [-0.15, -0.1) is 11.8 Å². The maximum atomic E-state index is 12.7. The van der Waals surface area contributed by atoms with Crippen molar-refractivity contribution in [3.63, 3.8) is 0 Å². The third-order valence-electron chi connectivity index (χ3n) is 4.88. The van der Waals surface area contributed by atoms with E-state index in [9.17, 15) is 9.59 Å². The van der Waals surface area contributed by atoms with Gasteiger partial charge in [-0.2, -0.15) is 5.10 Å². The van der Waals surface area contributed by atoms with Crippen molar-refractivity contribution in [1.82, 2.24) is 9.78 Å². The molecule has 0 radical (unpaired) electrons. The Balaban J connectivity index is 1.76. The number of para-hydroxylation sites is 1. The quantitative estimate of drug-likeness (QED) is 0.658. The highest BCUT2D eigenvalue weighted by Crippen LogP contribution is 2.46. The lowest BCUT2D eigenvalue weighted by molar-refractivity contribution is -0.120. The highest BCUT2D eigenvalue weighted by atomic mass is 32.2. The number of anilines is 1. The van der Waals surface area contributed by atoms with Crippen LogP contribution < -0.4 is 15.8 Å². The minimum atomic E-state index is -0.523. The van der Waals surface area contributed by atoms with Crippen molar-refractivity contribution in [3.05, 3.63) is 71.4 Å². The molecule has 2 atom stereocenters. The number of rotatable bonds is 5. The summed E-state index contributed by atoms with van der Waals surface area (Å²) in [7, 11) is 0. The first-order valence-corrected chi connectivity index (χ1v) is 10.5. The minimum absolute atomic E-state index is 0.0535. The van der Waals surface area contributed by atoms with Gasteiger partial charge in [-0.05, 0) is 43.7 Å². The molecule has 4 rings (SSSR count). The Kier molecular flexibility index (Phi) is 5.50. The van der Waals surface area contributed by atoms with Crippen LogP contribution >= 0.6 is 11.8 Å². The summed E-state index contributed by atoms with van der Waals surface area (Å²) in [6.45, 7) is 3.69. The molecule has 0 fully saturated rings. The molecule has 3 aromatic rings. The van der Waals surface area contributed by atoms with Crippen molar-refractivity contribution in [1.29, 1.82) is 0 Å². The second-order valence-electron chi connectivity index (χ2n) is 7.07. The fourth-order valence-electron chi connectivity index (χ4n) is 3.42. The Morgan fingerprint density at radius 1 is 1.20 bits per heavy atom. The number of carbonyl (C=O) groups excluding carboxylic acids is 2. The van der Waals surface area contributed by atoms with Crippen LogP contribution in [0.15, 0.2) is 54.6 Å². The molecule has 1 aliphatic rings. The molecular weight excluding hydrogens is 400 g/mol. The number of benzene rings is 2. The van der Waals surface area contributed by atoms with Crippen molar-refractivity contribution in [3.8, 4) is 11.4 Å². The molecule has 1 aromatic heterocycles. The highest BCUT2D eigenvalue weighted by Gasteiger charge is 2.34. The standard InChI is InChI=1S/C22H22N4O3S/c1-13-19-20(15-8-10-17(11-9-15)29-12-18(23)27)30-14(2)22(28)24-21(19)26(25-13)16-6-4-3-5-7-16/h3-11,14,20H,12H2,1-2H3,(H2,23,27)(H,24,28). The number of carbonyl (C=O) groups is 2. The number of hydrogen-bond acceptors (Lipinski definition) is 5. The first-order valence-electron chi connectivity index (χ1n) is 9.56. The number of aryl methyl sites for hydroxylation is 1. The monoisotopic (exact) mass is 422 g/mol. The fourth-order valence-corrected chi connectivity index (χ4v) is 4.74. The van der Waals surface area contributed by atoms with E-state index in [1.807, 2.05) is 56.3 Å². The summed E-state index contributed by atoms with van der Waals surface area (Å²) < 4.78 is 7.15. The Hall–Kier alpha value is -3.26. The molecule has 0 spiro atoms. The predicted octanol–water partition coefficient (Wildman–Crippen LogP) is 3.21. The van der Waals surface area contributed by atoms with Gasteiger partial charge in [0.05, 0.1) is 21.9 Å². The number of ether oxygens (including phenoxy) is 1. The highest BCUT2D eigenvalue weighted by molar-refractivity contribution is 8.01. The van der Waals surface area contributed by atoms with Crippen LogP contribution in [-0.4, -0.2) is 33.5 Å². The van der Waals surface area contributed by atoms with E-state index in [-0.39, 0.29) is 23.0 Å². The van der Waals surface area contributed by atoms with E-state index in [0.717, 1.165) is 22.5 Å². The van der Waals surface area contributed by atoms with Crippen molar-refractivity contribution in [2.75, 3.05) is 11.9 Å². The second-order valence-corrected chi connectivity index (χ2v) is 8.52. The Labute approximate surface area is 178 Å². The van der Waals surface area contributed by atoms with Gasteiger partial charge in [0.2, 0.25) is 5.91 Å². The molecule has 0 aliphatic carbocycles. The summed E-state index contributed by atoms with van der Waals surface area (Å²) in [5.41, 5.74) is 8.88. The van der Waals surface area contributed by atoms with Gasteiger partial charge in [-0.3, -0.25) is 9.59 Å². The number of nitrogens with zero attached hydrogens (tertiary/aromatic N) is 2. The van der Waals surface area contributed by atoms with Gasteiger partial charge in [0, 0.05) is 5.56 Å². The zero-order valence-electron chi connectivity index (χ0n) is 16.7. The summed E-state index contributed by atoms with van der Waals surface area (Å²) in [6, 6.07) is 17.2. The van der Waals surface area contributed by atoms with E-state index in [1.54, 1.807) is 28.6 Å². The van der Waals surface area contributed by atoms with E-state index in [4.69, 9.17) is 15.6 Å². The van der Waals surface area contributed by atoms with Crippen molar-refractivity contribution >= 4 is 29.4 Å².